The Morgan fingerprint density at radius 1 is 1.22 bits per heavy atom. The lowest BCUT2D eigenvalue weighted by Crippen LogP contribution is -2.20. The third-order valence-corrected chi connectivity index (χ3v) is 5.56. The van der Waals surface area contributed by atoms with Crippen molar-refractivity contribution >= 4 is 0 Å². The molecule has 3 aliphatic rings. The number of hydrogen-bond donors (Lipinski definition) is 1. The van der Waals surface area contributed by atoms with Crippen molar-refractivity contribution in [2.45, 2.75) is 83.7 Å². The Hall–Kier alpha value is -0.900. The summed E-state index contributed by atoms with van der Waals surface area (Å²) in [7, 11) is 0. The molecule has 0 amide bonds. The fourth-order valence-electron chi connectivity index (χ4n) is 3.92. The first kappa shape index (κ1) is 16.9. The van der Waals surface area contributed by atoms with Crippen LogP contribution in [0.2, 0.25) is 0 Å². The van der Waals surface area contributed by atoms with Gasteiger partial charge in [0.1, 0.15) is 6.10 Å². The van der Waals surface area contributed by atoms with Gasteiger partial charge in [-0.25, -0.2) is 0 Å². The first-order valence-electron chi connectivity index (χ1n) is 8.89. The Balaban J connectivity index is 1.82. The Kier molecular flexibility index (Phi) is 4.82. The van der Waals surface area contributed by atoms with Crippen LogP contribution in [-0.4, -0.2) is 35.6 Å². The van der Waals surface area contributed by atoms with Gasteiger partial charge in [0.05, 0.1) is 24.4 Å². The molecule has 0 aromatic rings. The van der Waals surface area contributed by atoms with Crippen molar-refractivity contribution in [1.29, 1.82) is 0 Å². The van der Waals surface area contributed by atoms with Crippen LogP contribution in [0.5, 0.6) is 0 Å². The van der Waals surface area contributed by atoms with Crippen molar-refractivity contribution in [3.05, 3.63) is 34.4 Å². The summed E-state index contributed by atoms with van der Waals surface area (Å²) in [6.07, 6.45) is 9.26. The molecule has 0 bridgehead atoms. The van der Waals surface area contributed by atoms with Crippen molar-refractivity contribution < 1.29 is 14.6 Å². The molecular weight excluding hydrogens is 288 g/mol. The fraction of sp³-hybridized carbons (Fsp3) is 0.700. The van der Waals surface area contributed by atoms with Gasteiger partial charge < -0.3 is 14.6 Å². The van der Waals surface area contributed by atoms with Gasteiger partial charge in [-0.05, 0) is 70.9 Å². The molecule has 3 rings (SSSR count). The molecule has 23 heavy (non-hydrogen) atoms. The normalized spacial score (nSPS) is 43.6. The first-order valence-corrected chi connectivity index (χ1v) is 8.89. The summed E-state index contributed by atoms with van der Waals surface area (Å²) in [5.74, 6) is 0. The SMILES string of the molecule is CC1=C2[C@H](O)C/C(C)=C/CC[C@@]3(C)O[C@H]3CC/C(C)=C/[C@H]2OC1. The maximum atomic E-state index is 10.7. The molecule has 0 spiro atoms. The predicted octanol–water partition coefficient (Wildman–Crippen LogP) is 4.08. The Labute approximate surface area is 140 Å². The highest BCUT2D eigenvalue weighted by Crippen LogP contribution is 2.44. The second-order valence-electron chi connectivity index (χ2n) is 7.75. The number of epoxide rings is 1. The van der Waals surface area contributed by atoms with Gasteiger partial charge in [-0.1, -0.05) is 23.3 Å². The van der Waals surface area contributed by atoms with E-state index < -0.39 is 6.10 Å². The molecule has 4 atom stereocenters. The zero-order chi connectivity index (χ0) is 16.6. The van der Waals surface area contributed by atoms with Crippen LogP contribution in [0.25, 0.3) is 0 Å². The molecule has 0 aromatic carbocycles. The van der Waals surface area contributed by atoms with E-state index in [1.807, 2.05) is 0 Å². The van der Waals surface area contributed by atoms with Gasteiger partial charge in [-0.3, -0.25) is 0 Å². The molecule has 0 aromatic heterocycles. The summed E-state index contributed by atoms with van der Waals surface area (Å²) in [6, 6.07) is 0. The molecule has 3 heteroatoms. The molecule has 0 saturated carbocycles. The van der Waals surface area contributed by atoms with Crippen molar-refractivity contribution in [3.63, 3.8) is 0 Å². The van der Waals surface area contributed by atoms with E-state index in [1.54, 1.807) is 0 Å². The minimum atomic E-state index is -0.439. The fourth-order valence-corrected chi connectivity index (χ4v) is 3.92. The number of allylic oxidation sites excluding steroid dienone is 2. The third-order valence-electron chi connectivity index (χ3n) is 5.56. The second-order valence-corrected chi connectivity index (χ2v) is 7.75. The van der Waals surface area contributed by atoms with E-state index in [1.165, 1.54) is 16.7 Å². The highest BCUT2D eigenvalue weighted by atomic mass is 16.6. The van der Waals surface area contributed by atoms with Crippen molar-refractivity contribution in [2.75, 3.05) is 6.61 Å². The van der Waals surface area contributed by atoms with Gasteiger partial charge in [0.25, 0.3) is 0 Å². The molecule has 2 heterocycles. The Bertz CT molecular complexity index is 557. The van der Waals surface area contributed by atoms with E-state index in [4.69, 9.17) is 9.47 Å². The van der Waals surface area contributed by atoms with Gasteiger partial charge in [-0.15, -0.1) is 0 Å². The summed E-state index contributed by atoms with van der Waals surface area (Å²) < 4.78 is 11.8. The lowest BCUT2D eigenvalue weighted by atomic mass is 9.91. The van der Waals surface area contributed by atoms with Crippen LogP contribution in [0.3, 0.4) is 0 Å². The van der Waals surface area contributed by atoms with Crippen LogP contribution in [0.4, 0.5) is 0 Å². The maximum Gasteiger partial charge on any atom is 0.100 e. The molecule has 1 aliphatic carbocycles. The highest BCUT2D eigenvalue weighted by molar-refractivity contribution is 5.32. The van der Waals surface area contributed by atoms with Crippen LogP contribution in [-0.2, 0) is 9.47 Å². The molecule has 3 nitrogen and oxygen atoms in total. The van der Waals surface area contributed by atoms with E-state index in [0.29, 0.717) is 19.1 Å². The van der Waals surface area contributed by atoms with Crippen LogP contribution in [0.15, 0.2) is 34.4 Å². The van der Waals surface area contributed by atoms with Gasteiger partial charge in [0.2, 0.25) is 0 Å². The molecule has 128 valence electrons. The lowest BCUT2D eigenvalue weighted by molar-refractivity contribution is 0.127. The average molecular weight is 318 g/mol. The largest absolute Gasteiger partial charge is 0.388 e. The van der Waals surface area contributed by atoms with E-state index in [2.05, 4.69) is 39.8 Å². The van der Waals surface area contributed by atoms with E-state index in [-0.39, 0.29) is 11.7 Å². The molecule has 1 fully saturated rings. The van der Waals surface area contributed by atoms with Crippen LogP contribution >= 0.6 is 0 Å². The predicted molar refractivity (Wildman–Crippen MR) is 92.3 cm³/mol. The van der Waals surface area contributed by atoms with E-state index >= 15 is 0 Å². The standard InChI is InChI=1S/C20H30O3/c1-13-6-5-9-20(4)18(23-20)8-7-14(2)11-17-19(16(21)10-13)15(3)12-22-17/h6,11,16-18,21H,5,7-10,12H2,1-4H3/b13-6+,14-11+/t16-,17-,18+,20-/m1/s1. The van der Waals surface area contributed by atoms with Gasteiger partial charge >= 0.3 is 0 Å². The number of aliphatic hydroxyl groups is 1. The highest BCUT2D eigenvalue weighted by Gasteiger charge is 2.50. The summed E-state index contributed by atoms with van der Waals surface area (Å²) in [6.45, 7) is 9.22. The zero-order valence-electron chi connectivity index (χ0n) is 14.9. The molecule has 0 unspecified atom stereocenters. The molecule has 2 aliphatic heterocycles. The molecule has 0 radical (unpaired) electrons. The number of rotatable bonds is 0. The van der Waals surface area contributed by atoms with Crippen LogP contribution in [0.1, 0.15) is 59.8 Å². The summed E-state index contributed by atoms with van der Waals surface area (Å²) >= 11 is 0. The van der Waals surface area contributed by atoms with Crippen molar-refractivity contribution in [3.8, 4) is 0 Å². The topological polar surface area (TPSA) is 42.0 Å². The number of fused-ring (bicyclic) bond motifs is 2. The molecule has 1 N–H and O–H groups in total. The number of ether oxygens (including phenoxy) is 2. The minimum absolute atomic E-state index is 0.0608. The first-order chi connectivity index (χ1) is 10.9. The monoisotopic (exact) mass is 318 g/mol. The van der Waals surface area contributed by atoms with Gasteiger partial charge in [0.15, 0.2) is 0 Å². The van der Waals surface area contributed by atoms with Crippen molar-refractivity contribution in [1.82, 2.24) is 0 Å². The van der Waals surface area contributed by atoms with Crippen LogP contribution in [0, 0.1) is 0 Å². The molecule has 1 saturated heterocycles. The average Bonchev–Trinajstić information content (AvgIpc) is 2.97. The smallest absolute Gasteiger partial charge is 0.100 e. The van der Waals surface area contributed by atoms with Gasteiger partial charge in [0, 0.05) is 0 Å². The Morgan fingerprint density at radius 3 is 2.78 bits per heavy atom. The molecular formula is C20H30O3. The van der Waals surface area contributed by atoms with Crippen LogP contribution < -0.4 is 0 Å². The summed E-state index contributed by atoms with van der Waals surface area (Å²) in [5, 5.41) is 10.7. The van der Waals surface area contributed by atoms with Gasteiger partial charge in [-0.2, -0.15) is 0 Å². The van der Waals surface area contributed by atoms with E-state index in [9.17, 15) is 5.11 Å². The lowest BCUT2D eigenvalue weighted by Gasteiger charge is -2.19. The maximum absolute atomic E-state index is 10.7. The zero-order valence-corrected chi connectivity index (χ0v) is 14.9. The number of aliphatic hydroxyl groups excluding tert-OH is 1. The Morgan fingerprint density at radius 2 is 2.00 bits per heavy atom. The quantitative estimate of drug-likeness (QED) is 0.540. The minimum Gasteiger partial charge on any atom is -0.388 e. The number of hydrogen-bond acceptors (Lipinski definition) is 3. The van der Waals surface area contributed by atoms with Crippen molar-refractivity contribution in [2.24, 2.45) is 0 Å². The summed E-state index contributed by atoms with van der Waals surface area (Å²) in [4.78, 5) is 0. The summed E-state index contributed by atoms with van der Waals surface area (Å²) in [5.41, 5.74) is 4.90. The van der Waals surface area contributed by atoms with E-state index in [0.717, 1.165) is 31.3 Å². The second kappa shape index (κ2) is 6.54. The third kappa shape index (κ3) is 3.78.